The van der Waals surface area contributed by atoms with E-state index in [1.165, 1.54) is 5.56 Å². The molecule has 24 heavy (non-hydrogen) atoms. The molecule has 0 radical (unpaired) electrons. The summed E-state index contributed by atoms with van der Waals surface area (Å²) >= 11 is 1.68. The molecule has 1 saturated heterocycles. The van der Waals surface area contributed by atoms with Crippen LogP contribution in [0.25, 0.3) is 5.69 Å². The minimum atomic E-state index is 0.0927. The van der Waals surface area contributed by atoms with Gasteiger partial charge >= 0.3 is 0 Å². The van der Waals surface area contributed by atoms with Crippen LogP contribution < -0.4 is 0 Å². The fourth-order valence-electron chi connectivity index (χ4n) is 3.30. The van der Waals surface area contributed by atoms with Crippen molar-refractivity contribution in [2.75, 3.05) is 6.54 Å². The van der Waals surface area contributed by atoms with Gasteiger partial charge < -0.3 is 4.90 Å². The van der Waals surface area contributed by atoms with Crippen LogP contribution >= 0.6 is 11.3 Å². The highest BCUT2D eigenvalue weighted by Crippen LogP contribution is 2.34. The van der Waals surface area contributed by atoms with Gasteiger partial charge in [-0.15, -0.1) is 5.10 Å². The van der Waals surface area contributed by atoms with E-state index >= 15 is 0 Å². The lowest BCUT2D eigenvalue weighted by atomic mass is 10.1. The smallest absolute Gasteiger partial charge is 0.254 e. The van der Waals surface area contributed by atoms with Crippen molar-refractivity contribution in [1.82, 2.24) is 25.1 Å². The lowest BCUT2D eigenvalue weighted by Crippen LogP contribution is -2.30. The number of amides is 1. The van der Waals surface area contributed by atoms with E-state index in [9.17, 15) is 4.79 Å². The normalized spacial score (nSPS) is 17.4. The number of aryl methyl sites for hydroxylation is 1. The molecule has 1 atom stereocenters. The van der Waals surface area contributed by atoms with Gasteiger partial charge in [0.1, 0.15) is 6.33 Å². The first-order valence-corrected chi connectivity index (χ1v) is 8.85. The summed E-state index contributed by atoms with van der Waals surface area (Å²) in [5.74, 6) is 0.0927. The van der Waals surface area contributed by atoms with Crippen LogP contribution in [0.1, 0.15) is 40.4 Å². The molecule has 1 fully saturated rings. The second-order valence-corrected chi connectivity index (χ2v) is 6.75. The highest BCUT2D eigenvalue weighted by atomic mass is 32.1. The maximum atomic E-state index is 13.0. The number of tetrazole rings is 1. The van der Waals surface area contributed by atoms with E-state index in [1.807, 2.05) is 30.0 Å². The monoisotopic (exact) mass is 339 g/mol. The average molecular weight is 339 g/mol. The minimum Gasteiger partial charge on any atom is -0.332 e. The predicted molar refractivity (Wildman–Crippen MR) is 91.2 cm³/mol. The quantitative estimate of drug-likeness (QED) is 0.736. The largest absolute Gasteiger partial charge is 0.332 e. The van der Waals surface area contributed by atoms with E-state index < -0.39 is 0 Å². The van der Waals surface area contributed by atoms with Crippen molar-refractivity contribution in [3.8, 4) is 5.69 Å². The van der Waals surface area contributed by atoms with Gasteiger partial charge in [-0.25, -0.2) is 4.68 Å². The number of rotatable bonds is 3. The van der Waals surface area contributed by atoms with Crippen LogP contribution in [0.3, 0.4) is 0 Å². The van der Waals surface area contributed by atoms with Gasteiger partial charge in [-0.05, 0) is 76.3 Å². The molecule has 7 heteroatoms. The third-order valence-electron chi connectivity index (χ3n) is 4.48. The lowest BCUT2D eigenvalue weighted by molar-refractivity contribution is 0.0736. The molecule has 2 aromatic heterocycles. The number of thiophene rings is 1. The molecule has 6 nitrogen and oxygen atoms in total. The highest BCUT2D eigenvalue weighted by molar-refractivity contribution is 7.08. The molecule has 122 valence electrons. The van der Waals surface area contributed by atoms with Gasteiger partial charge in [0.25, 0.3) is 5.91 Å². The number of carbonyl (C=O) groups is 1. The van der Waals surface area contributed by atoms with Crippen molar-refractivity contribution in [3.05, 3.63) is 58.0 Å². The van der Waals surface area contributed by atoms with E-state index in [0.717, 1.165) is 30.6 Å². The van der Waals surface area contributed by atoms with Crippen LogP contribution in [0, 0.1) is 6.92 Å². The summed E-state index contributed by atoms with van der Waals surface area (Å²) in [7, 11) is 0. The molecule has 4 rings (SSSR count). The first kappa shape index (κ1) is 15.0. The number of hydrogen-bond acceptors (Lipinski definition) is 5. The number of aromatic nitrogens is 4. The Morgan fingerprint density at radius 2 is 2.25 bits per heavy atom. The van der Waals surface area contributed by atoms with E-state index in [0.29, 0.717) is 5.56 Å². The van der Waals surface area contributed by atoms with Gasteiger partial charge in [0.05, 0.1) is 11.7 Å². The van der Waals surface area contributed by atoms with Crippen molar-refractivity contribution in [2.24, 2.45) is 0 Å². The second kappa shape index (κ2) is 6.16. The third kappa shape index (κ3) is 2.60. The lowest BCUT2D eigenvalue weighted by Gasteiger charge is -2.24. The number of benzene rings is 1. The van der Waals surface area contributed by atoms with E-state index in [-0.39, 0.29) is 11.9 Å². The van der Waals surface area contributed by atoms with Gasteiger partial charge in [-0.1, -0.05) is 0 Å². The summed E-state index contributed by atoms with van der Waals surface area (Å²) < 4.78 is 1.60. The van der Waals surface area contributed by atoms with Crippen LogP contribution in [-0.2, 0) is 0 Å². The molecule has 0 aliphatic carbocycles. The fraction of sp³-hybridized carbons (Fsp3) is 0.294. The molecular weight excluding hydrogens is 322 g/mol. The number of likely N-dealkylation sites (tertiary alicyclic amines) is 1. The zero-order valence-electron chi connectivity index (χ0n) is 13.3. The maximum Gasteiger partial charge on any atom is 0.254 e. The predicted octanol–water partition coefficient (Wildman–Crippen LogP) is 3.01. The topological polar surface area (TPSA) is 63.9 Å². The summed E-state index contributed by atoms with van der Waals surface area (Å²) in [6, 6.07) is 7.99. The standard InChI is InChI=1S/C17H17N5OS/c1-12-9-13(4-5-15(12)22-11-18-19-20-22)17(23)21-7-2-3-16(21)14-6-8-24-10-14/h4-6,8-11,16H,2-3,7H2,1H3/t16-/m1/s1. The summed E-state index contributed by atoms with van der Waals surface area (Å²) in [6.45, 7) is 2.78. The molecule has 1 aliphatic rings. The summed E-state index contributed by atoms with van der Waals surface area (Å²) in [6.07, 6.45) is 3.63. The van der Waals surface area contributed by atoms with Gasteiger partial charge in [0.2, 0.25) is 0 Å². The molecule has 0 spiro atoms. The van der Waals surface area contributed by atoms with E-state index in [1.54, 1.807) is 22.3 Å². The van der Waals surface area contributed by atoms with Crippen molar-refractivity contribution in [2.45, 2.75) is 25.8 Å². The first-order valence-electron chi connectivity index (χ1n) is 7.91. The molecule has 1 amide bonds. The zero-order chi connectivity index (χ0) is 16.5. The Hall–Kier alpha value is -2.54. The Morgan fingerprint density at radius 1 is 1.33 bits per heavy atom. The van der Waals surface area contributed by atoms with Gasteiger partial charge in [0.15, 0.2) is 0 Å². The molecule has 0 unspecified atom stereocenters. The SMILES string of the molecule is Cc1cc(C(=O)N2CCC[C@@H]2c2ccsc2)ccc1-n1cnnn1. The summed E-state index contributed by atoms with van der Waals surface area (Å²) in [4.78, 5) is 15.0. The maximum absolute atomic E-state index is 13.0. The number of hydrogen-bond donors (Lipinski definition) is 0. The summed E-state index contributed by atoms with van der Waals surface area (Å²) in [5, 5.41) is 15.4. The Labute approximate surface area is 143 Å². The van der Waals surface area contributed by atoms with E-state index in [4.69, 9.17) is 0 Å². The Morgan fingerprint density at radius 3 is 2.96 bits per heavy atom. The molecule has 0 N–H and O–H groups in total. The molecule has 1 aliphatic heterocycles. The van der Waals surface area contributed by atoms with Crippen LogP contribution in [0.4, 0.5) is 0 Å². The molecule has 3 aromatic rings. The molecule has 0 bridgehead atoms. The first-order chi connectivity index (χ1) is 11.7. The van der Waals surface area contributed by atoms with Crippen LogP contribution in [-0.4, -0.2) is 37.6 Å². The van der Waals surface area contributed by atoms with Crippen LogP contribution in [0.15, 0.2) is 41.4 Å². The molecule has 0 saturated carbocycles. The highest BCUT2D eigenvalue weighted by Gasteiger charge is 2.30. The van der Waals surface area contributed by atoms with Gasteiger partial charge in [-0.3, -0.25) is 4.79 Å². The second-order valence-electron chi connectivity index (χ2n) is 5.97. The average Bonchev–Trinajstić information content (AvgIpc) is 3.34. The third-order valence-corrected chi connectivity index (χ3v) is 5.18. The van der Waals surface area contributed by atoms with Crippen molar-refractivity contribution < 1.29 is 4.79 Å². The molecular formula is C17H17N5OS. The van der Waals surface area contributed by atoms with Crippen molar-refractivity contribution in [3.63, 3.8) is 0 Å². The Bertz CT molecular complexity index is 844. The number of carbonyl (C=O) groups excluding carboxylic acids is 1. The van der Waals surface area contributed by atoms with Crippen molar-refractivity contribution >= 4 is 17.2 Å². The van der Waals surface area contributed by atoms with E-state index in [2.05, 4.69) is 32.4 Å². The van der Waals surface area contributed by atoms with Crippen molar-refractivity contribution in [1.29, 1.82) is 0 Å². The van der Waals surface area contributed by atoms with Crippen LogP contribution in [0.2, 0.25) is 0 Å². The van der Waals surface area contributed by atoms with Gasteiger partial charge in [-0.2, -0.15) is 11.3 Å². The Kier molecular flexibility index (Phi) is 3.86. The number of nitrogens with zero attached hydrogens (tertiary/aromatic N) is 5. The van der Waals surface area contributed by atoms with Crippen LogP contribution in [0.5, 0.6) is 0 Å². The Balaban J connectivity index is 1.61. The fourth-order valence-corrected chi connectivity index (χ4v) is 4.01. The van der Waals surface area contributed by atoms with Gasteiger partial charge in [0, 0.05) is 12.1 Å². The zero-order valence-corrected chi connectivity index (χ0v) is 14.1. The summed E-state index contributed by atoms with van der Waals surface area (Å²) in [5.41, 5.74) is 3.81. The minimum absolute atomic E-state index is 0.0927. The molecule has 3 heterocycles. The molecule has 1 aromatic carbocycles.